The van der Waals surface area contributed by atoms with E-state index in [1.54, 1.807) is 0 Å². The highest BCUT2D eigenvalue weighted by molar-refractivity contribution is 14.1. The number of hydrogen-bond donors (Lipinski definition) is 0. The topological polar surface area (TPSA) is 0 Å². The normalized spacial score (nSPS) is 17.8. The Labute approximate surface area is 143 Å². The molecule has 0 aromatic carbocycles. The van der Waals surface area contributed by atoms with Crippen LogP contribution in [0, 0.1) is 0 Å². The summed E-state index contributed by atoms with van der Waals surface area (Å²) < 4.78 is 3.96. The predicted octanol–water partition coefficient (Wildman–Crippen LogP) is 5.80. The van der Waals surface area contributed by atoms with E-state index in [2.05, 4.69) is 97.3 Å². The van der Waals surface area contributed by atoms with Gasteiger partial charge in [-0.25, -0.2) is 0 Å². The van der Waals surface area contributed by atoms with Crippen molar-refractivity contribution in [2.24, 2.45) is 0 Å². The summed E-state index contributed by atoms with van der Waals surface area (Å²) in [6.45, 7) is 2.29. The molecule has 86 valence electrons. The van der Waals surface area contributed by atoms with E-state index >= 15 is 0 Å². The van der Waals surface area contributed by atoms with E-state index < -0.39 is 0 Å². The molecular weight excluding hydrogens is 628 g/mol. The molecule has 0 fully saturated rings. The van der Waals surface area contributed by atoms with Crippen LogP contribution in [0.5, 0.6) is 0 Å². The van der Waals surface area contributed by atoms with E-state index in [9.17, 15) is 0 Å². The van der Waals surface area contributed by atoms with Crippen LogP contribution in [-0.4, -0.2) is 16.2 Å². The molecule has 0 heterocycles. The Morgan fingerprint density at radius 2 is 1.50 bits per heavy atom. The SMILES string of the molecule is CCC(I)CC(I)CC(I)CCCI. The molecule has 0 spiro atoms. The standard InChI is InChI=1S/C10H18I4/c1-2-8(12)6-10(14)7-9(13)4-3-5-11/h8-10H,2-7H2,1H3. The Morgan fingerprint density at radius 3 is 2.00 bits per heavy atom. The number of hydrogen-bond acceptors (Lipinski definition) is 0. The van der Waals surface area contributed by atoms with Gasteiger partial charge in [0.1, 0.15) is 0 Å². The highest BCUT2D eigenvalue weighted by atomic mass is 127. The zero-order valence-corrected chi connectivity index (χ0v) is 17.1. The minimum Gasteiger partial charge on any atom is -0.0864 e. The highest BCUT2D eigenvalue weighted by Gasteiger charge is 2.14. The summed E-state index contributed by atoms with van der Waals surface area (Å²) in [6, 6.07) is 0. The minimum absolute atomic E-state index is 0.877. The Morgan fingerprint density at radius 1 is 0.929 bits per heavy atom. The number of rotatable bonds is 8. The van der Waals surface area contributed by atoms with Gasteiger partial charge in [-0.05, 0) is 36.5 Å². The molecule has 0 rings (SSSR count). The van der Waals surface area contributed by atoms with Crippen LogP contribution in [-0.2, 0) is 0 Å². The van der Waals surface area contributed by atoms with E-state index in [0.717, 1.165) is 11.8 Å². The van der Waals surface area contributed by atoms with Crippen LogP contribution in [0.4, 0.5) is 0 Å². The molecule has 3 atom stereocenters. The van der Waals surface area contributed by atoms with Crippen molar-refractivity contribution in [3.63, 3.8) is 0 Å². The van der Waals surface area contributed by atoms with Crippen molar-refractivity contribution >= 4 is 90.4 Å². The Balaban J connectivity index is 3.54. The largest absolute Gasteiger partial charge is 0.0864 e. The van der Waals surface area contributed by atoms with Crippen LogP contribution in [0.15, 0.2) is 0 Å². The summed E-state index contributed by atoms with van der Waals surface area (Å²) in [4.78, 5) is 0. The van der Waals surface area contributed by atoms with Crippen LogP contribution in [0.3, 0.4) is 0 Å². The first-order chi connectivity index (χ1) is 6.60. The molecule has 0 amide bonds. The lowest BCUT2D eigenvalue weighted by Gasteiger charge is -2.16. The van der Waals surface area contributed by atoms with Gasteiger partial charge in [0.25, 0.3) is 0 Å². The van der Waals surface area contributed by atoms with Gasteiger partial charge in [0.05, 0.1) is 0 Å². The maximum absolute atomic E-state index is 2.64. The van der Waals surface area contributed by atoms with Gasteiger partial charge in [0, 0.05) is 11.8 Å². The van der Waals surface area contributed by atoms with Gasteiger partial charge in [-0.2, -0.15) is 0 Å². The smallest absolute Gasteiger partial charge is 0.0130 e. The molecule has 0 nitrogen and oxygen atoms in total. The van der Waals surface area contributed by atoms with E-state index in [0.29, 0.717) is 0 Å². The minimum atomic E-state index is 0.877. The molecular formula is C10H18I4. The molecule has 0 saturated carbocycles. The second-order valence-corrected chi connectivity index (χ2v) is 9.87. The van der Waals surface area contributed by atoms with Gasteiger partial charge in [-0.15, -0.1) is 0 Å². The van der Waals surface area contributed by atoms with Crippen molar-refractivity contribution in [3.05, 3.63) is 0 Å². The molecule has 14 heavy (non-hydrogen) atoms. The summed E-state index contributed by atoms with van der Waals surface area (Å²) in [5.74, 6) is 0. The Hall–Kier alpha value is 2.92. The van der Waals surface area contributed by atoms with E-state index in [1.165, 1.54) is 36.5 Å². The Kier molecular flexibility index (Phi) is 13.3. The van der Waals surface area contributed by atoms with E-state index in [1.807, 2.05) is 0 Å². The van der Waals surface area contributed by atoms with Gasteiger partial charge in [0.2, 0.25) is 0 Å². The molecule has 4 heteroatoms. The lowest BCUT2D eigenvalue weighted by atomic mass is 10.1. The lowest BCUT2D eigenvalue weighted by molar-refractivity contribution is 0.652. The van der Waals surface area contributed by atoms with Crippen LogP contribution in [0.2, 0.25) is 0 Å². The van der Waals surface area contributed by atoms with E-state index in [-0.39, 0.29) is 0 Å². The van der Waals surface area contributed by atoms with Crippen molar-refractivity contribution in [2.75, 3.05) is 4.43 Å². The van der Waals surface area contributed by atoms with Gasteiger partial charge in [-0.3, -0.25) is 0 Å². The predicted molar refractivity (Wildman–Crippen MR) is 101 cm³/mol. The van der Waals surface area contributed by atoms with Gasteiger partial charge in [0.15, 0.2) is 0 Å². The molecule has 3 unspecified atom stereocenters. The maximum Gasteiger partial charge on any atom is 0.0130 e. The third kappa shape index (κ3) is 10.1. The molecule has 0 aromatic rings. The van der Waals surface area contributed by atoms with Gasteiger partial charge < -0.3 is 0 Å². The van der Waals surface area contributed by atoms with Crippen molar-refractivity contribution in [3.8, 4) is 0 Å². The third-order valence-electron chi connectivity index (χ3n) is 2.12. The van der Waals surface area contributed by atoms with Crippen LogP contribution >= 0.6 is 90.4 Å². The second kappa shape index (κ2) is 11.0. The first-order valence-corrected chi connectivity index (χ1v) is 10.3. The number of halogens is 4. The summed E-state index contributed by atoms with van der Waals surface area (Å²) >= 11 is 10.3. The average Bonchev–Trinajstić information content (AvgIpc) is 2.14. The molecule has 0 radical (unpaired) electrons. The summed E-state index contributed by atoms with van der Waals surface area (Å²) in [5.41, 5.74) is 0. The van der Waals surface area contributed by atoms with Gasteiger partial charge in [-0.1, -0.05) is 97.3 Å². The van der Waals surface area contributed by atoms with Crippen molar-refractivity contribution in [1.82, 2.24) is 0 Å². The van der Waals surface area contributed by atoms with E-state index in [4.69, 9.17) is 0 Å². The fourth-order valence-corrected chi connectivity index (χ4v) is 6.52. The summed E-state index contributed by atoms with van der Waals surface area (Å²) in [6.07, 6.45) is 6.90. The summed E-state index contributed by atoms with van der Waals surface area (Å²) in [5, 5.41) is 0. The molecule has 0 aliphatic heterocycles. The fraction of sp³-hybridized carbons (Fsp3) is 1.00. The molecule has 0 bridgehead atoms. The zero-order chi connectivity index (χ0) is 11.0. The van der Waals surface area contributed by atoms with Gasteiger partial charge >= 0.3 is 0 Å². The maximum atomic E-state index is 2.64. The average molecular weight is 646 g/mol. The van der Waals surface area contributed by atoms with Crippen LogP contribution < -0.4 is 0 Å². The first-order valence-electron chi connectivity index (χ1n) is 5.08. The summed E-state index contributed by atoms with van der Waals surface area (Å²) in [7, 11) is 0. The first kappa shape index (κ1) is 16.9. The molecule has 0 saturated heterocycles. The molecule has 0 aliphatic rings. The molecule has 0 aromatic heterocycles. The number of alkyl halides is 4. The van der Waals surface area contributed by atoms with Crippen molar-refractivity contribution in [2.45, 2.75) is 50.8 Å². The highest BCUT2D eigenvalue weighted by Crippen LogP contribution is 2.26. The van der Waals surface area contributed by atoms with Crippen LogP contribution in [0.1, 0.15) is 39.0 Å². The third-order valence-corrected chi connectivity index (χ3v) is 6.42. The Bertz CT molecular complexity index is 129. The zero-order valence-electron chi connectivity index (χ0n) is 8.49. The van der Waals surface area contributed by atoms with Crippen molar-refractivity contribution < 1.29 is 0 Å². The lowest BCUT2D eigenvalue weighted by Crippen LogP contribution is -2.12. The quantitative estimate of drug-likeness (QED) is 0.231. The second-order valence-electron chi connectivity index (χ2n) is 3.50. The monoisotopic (exact) mass is 646 g/mol. The molecule has 0 aliphatic carbocycles. The van der Waals surface area contributed by atoms with Crippen molar-refractivity contribution in [1.29, 1.82) is 0 Å². The fourth-order valence-electron chi connectivity index (χ4n) is 1.23. The molecule has 0 N–H and O–H groups in total. The van der Waals surface area contributed by atoms with Crippen LogP contribution in [0.25, 0.3) is 0 Å².